The molecule has 0 saturated heterocycles. The Kier molecular flexibility index (Phi) is 7.05. The Morgan fingerprint density at radius 2 is 1.81 bits per heavy atom. The summed E-state index contributed by atoms with van der Waals surface area (Å²) < 4.78 is 83.8. The standard InChI is InChI=1S/C20H16F6N2O3/c1-12-8-15(4-5-16(12)18(29)30)31-7-6-28(11-19(21,22)23)14-3-2-13(10-27)17(9-14)20(24,25)26/h2-5,8-9H,6-7,11H2,1H3,(H,29,30). The van der Waals surface area contributed by atoms with Gasteiger partial charge in [-0.1, -0.05) is 0 Å². The summed E-state index contributed by atoms with van der Waals surface area (Å²) in [5, 5.41) is 17.8. The van der Waals surface area contributed by atoms with E-state index in [4.69, 9.17) is 15.1 Å². The van der Waals surface area contributed by atoms with Gasteiger partial charge in [-0.05, 0) is 48.9 Å². The Labute approximate surface area is 173 Å². The minimum atomic E-state index is -4.91. The zero-order valence-corrected chi connectivity index (χ0v) is 16.0. The van der Waals surface area contributed by atoms with E-state index < -0.39 is 42.5 Å². The van der Waals surface area contributed by atoms with Crippen molar-refractivity contribution < 1.29 is 41.0 Å². The number of carboxylic acid groups (broad SMARTS) is 1. The molecule has 0 saturated carbocycles. The fraction of sp³-hybridized carbons (Fsp3) is 0.300. The van der Waals surface area contributed by atoms with Gasteiger partial charge >= 0.3 is 18.3 Å². The molecule has 0 atom stereocenters. The van der Waals surface area contributed by atoms with E-state index in [1.165, 1.54) is 31.2 Å². The summed E-state index contributed by atoms with van der Waals surface area (Å²) in [7, 11) is 0. The molecular weight excluding hydrogens is 430 g/mol. The number of alkyl halides is 6. The minimum absolute atomic E-state index is 0.0308. The van der Waals surface area contributed by atoms with Crippen molar-refractivity contribution in [2.75, 3.05) is 24.6 Å². The molecule has 166 valence electrons. The predicted octanol–water partition coefficient (Wildman–Crippen LogP) is 5.03. The van der Waals surface area contributed by atoms with Gasteiger partial charge in [0, 0.05) is 5.69 Å². The molecule has 0 unspecified atom stereocenters. The molecule has 0 aliphatic carbocycles. The van der Waals surface area contributed by atoms with Gasteiger partial charge in [-0.3, -0.25) is 0 Å². The molecule has 31 heavy (non-hydrogen) atoms. The Morgan fingerprint density at radius 3 is 2.32 bits per heavy atom. The SMILES string of the molecule is Cc1cc(OCCN(CC(F)(F)F)c2ccc(C#N)c(C(F)(F)F)c2)ccc1C(=O)O. The van der Waals surface area contributed by atoms with Gasteiger partial charge in [0.2, 0.25) is 0 Å². The van der Waals surface area contributed by atoms with Crippen LogP contribution in [0.25, 0.3) is 0 Å². The zero-order valence-electron chi connectivity index (χ0n) is 16.0. The van der Waals surface area contributed by atoms with Gasteiger partial charge in [0.25, 0.3) is 0 Å². The molecule has 0 amide bonds. The third-order valence-electron chi connectivity index (χ3n) is 4.22. The molecule has 0 fully saturated rings. The summed E-state index contributed by atoms with van der Waals surface area (Å²) in [6.07, 6.45) is -9.61. The van der Waals surface area contributed by atoms with Crippen molar-refractivity contribution in [2.45, 2.75) is 19.3 Å². The van der Waals surface area contributed by atoms with Crippen molar-refractivity contribution in [1.29, 1.82) is 5.26 Å². The number of aromatic carboxylic acids is 1. The van der Waals surface area contributed by atoms with Gasteiger partial charge in [0.05, 0.1) is 29.3 Å². The topological polar surface area (TPSA) is 73.6 Å². The maximum absolute atomic E-state index is 13.2. The maximum atomic E-state index is 13.2. The van der Waals surface area contributed by atoms with E-state index in [9.17, 15) is 31.1 Å². The van der Waals surface area contributed by atoms with E-state index >= 15 is 0 Å². The van der Waals surface area contributed by atoms with Crippen LogP contribution in [0.4, 0.5) is 32.0 Å². The molecule has 0 radical (unpaired) electrons. The third kappa shape index (κ3) is 6.53. The molecule has 0 aromatic heterocycles. The average Bonchev–Trinajstić information content (AvgIpc) is 2.65. The number of aryl methyl sites for hydroxylation is 1. The molecule has 2 aromatic rings. The van der Waals surface area contributed by atoms with E-state index in [1.54, 1.807) is 0 Å². The first-order valence-electron chi connectivity index (χ1n) is 8.71. The Bertz CT molecular complexity index is 996. The van der Waals surface area contributed by atoms with E-state index in [1.807, 2.05) is 0 Å². The quantitative estimate of drug-likeness (QED) is 0.604. The summed E-state index contributed by atoms with van der Waals surface area (Å²) in [5.41, 5.74) is -2.00. The van der Waals surface area contributed by atoms with Crippen LogP contribution in [0.3, 0.4) is 0 Å². The van der Waals surface area contributed by atoms with Gasteiger partial charge in [-0.25, -0.2) is 4.79 Å². The number of carbonyl (C=O) groups is 1. The van der Waals surface area contributed by atoms with Crippen LogP contribution in [0.5, 0.6) is 5.75 Å². The molecule has 11 heteroatoms. The van der Waals surface area contributed by atoms with Crippen molar-refractivity contribution in [3.8, 4) is 11.8 Å². The predicted molar refractivity (Wildman–Crippen MR) is 98.1 cm³/mol. The van der Waals surface area contributed by atoms with Crippen LogP contribution in [0, 0.1) is 18.3 Å². The summed E-state index contributed by atoms with van der Waals surface area (Å²) in [5.74, 6) is -0.952. The minimum Gasteiger partial charge on any atom is -0.492 e. The molecule has 2 rings (SSSR count). The highest BCUT2D eigenvalue weighted by molar-refractivity contribution is 5.89. The van der Waals surface area contributed by atoms with Crippen LogP contribution in [-0.4, -0.2) is 36.9 Å². The zero-order chi connectivity index (χ0) is 23.4. The number of carboxylic acids is 1. The number of hydrogen-bond donors (Lipinski definition) is 1. The molecule has 0 bridgehead atoms. The van der Waals surface area contributed by atoms with Crippen LogP contribution >= 0.6 is 0 Å². The fourth-order valence-corrected chi connectivity index (χ4v) is 2.82. The Hall–Kier alpha value is -3.42. The highest BCUT2D eigenvalue weighted by atomic mass is 19.4. The fourth-order valence-electron chi connectivity index (χ4n) is 2.82. The number of anilines is 1. The average molecular weight is 446 g/mol. The van der Waals surface area contributed by atoms with Gasteiger partial charge in [-0.15, -0.1) is 0 Å². The van der Waals surface area contributed by atoms with Crippen LogP contribution < -0.4 is 9.64 Å². The molecule has 0 spiro atoms. The van der Waals surface area contributed by atoms with Crippen molar-refractivity contribution >= 4 is 11.7 Å². The summed E-state index contributed by atoms with van der Waals surface area (Å²) in [4.78, 5) is 11.7. The van der Waals surface area contributed by atoms with Crippen molar-refractivity contribution in [3.63, 3.8) is 0 Å². The first kappa shape index (κ1) is 23.9. The summed E-state index contributed by atoms with van der Waals surface area (Å²) in [6.45, 7) is -0.746. The normalized spacial score (nSPS) is 11.7. The molecule has 5 nitrogen and oxygen atoms in total. The van der Waals surface area contributed by atoms with Crippen molar-refractivity contribution in [1.82, 2.24) is 0 Å². The number of ether oxygens (including phenoxy) is 1. The Morgan fingerprint density at radius 1 is 1.13 bits per heavy atom. The van der Waals surface area contributed by atoms with Crippen LogP contribution in [0.1, 0.15) is 27.0 Å². The highest BCUT2D eigenvalue weighted by Crippen LogP contribution is 2.35. The molecule has 2 aromatic carbocycles. The number of nitriles is 1. The molecule has 1 N–H and O–H groups in total. The number of benzene rings is 2. The molecule has 0 aliphatic heterocycles. The smallest absolute Gasteiger partial charge is 0.417 e. The largest absolute Gasteiger partial charge is 0.492 e. The van der Waals surface area contributed by atoms with Crippen molar-refractivity contribution in [2.24, 2.45) is 0 Å². The first-order valence-corrected chi connectivity index (χ1v) is 8.71. The molecular formula is C20H16F6N2O3. The summed E-state index contributed by atoms with van der Waals surface area (Å²) in [6, 6.07) is 7.68. The monoisotopic (exact) mass is 446 g/mol. The van der Waals surface area contributed by atoms with Crippen LogP contribution in [0.2, 0.25) is 0 Å². The highest BCUT2D eigenvalue weighted by Gasteiger charge is 2.36. The number of hydrogen-bond acceptors (Lipinski definition) is 4. The second kappa shape index (κ2) is 9.16. The lowest BCUT2D eigenvalue weighted by molar-refractivity contribution is -0.137. The lowest BCUT2D eigenvalue weighted by Crippen LogP contribution is -2.37. The Balaban J connectivity index is 2.23. The van der Waals surface area contributed by atoms with Gasteiger partial charge in [0.15, 0.2) is 0 Å². The molecule has 0 aliphatic rings. The van der Waals surface area contributed by atoms with E-state index in [0.717, 1.165) is 12.1 Å². The lowest BCUT2D eigenvalue weighted by atomic mass is 10.1. The number of rotatable bonds is 7. The number of halogens is 6. The molecule has 0 heterocycles. The van der Waals surface area contributed by atoms with E-state index in [2.05, 4.69) is 0 Å². The van der Waals surface area contributed by atoms with E-state index in [-0.39, 0.29) is 23.6 Å². The first-order chi connectivity index (χ1) is 14.3. The van der Waals surface area contributed by atoms with Gasteiger partial charge < -0.3 is 14.7 Å². The third-order valence-corrected chi connectivity index (χ3v) is 4.22. The second-order valence-corrected chi connectivity index (χ2v) is 6.51. The summed E-state index contributed by atoms with van der Waals surface area (Å²) >= 11 is 0. The van der Waals surface area contributed by atoms with Crippen molar-refractivity contribution in [3.05, 3.63) is 58.7 Å². The number of nitrogens with zero attached hydrogens (tertiary/aromatic N) is 2. The van der Waals surface area contributed by atoms with Crippen LogP contribution in [0.15, 0.2) is 36.4 Å². The van der Waals surface area contributed by atoms with Crippen LogP contribution in [-0.2, 0) is 6.18 Å². The lowest BCUT2D eigenvalue weighted by Gasteiger charge is -2.27. The maximum Gasteiger partial charge on any atom is 0.417 e. The van der Waals surface area contributed by atoms with E-state index in [0.29, 0.717) is 16.5 Å². The van der Waals surface area contributed by atoms with Gasteiger partial charge in [-0.2, -0.15) is 31.6 Å². The van der Waals surface area contributed by atoms with Gasteiger partial charge in [0.1, 0.15) is 18.9 Å². The second-order valence-electron chi connectivity index (χ2n) is 6.51.